The van der Waals surface area contributed by atoms with Crippen molar-refractivity contribution < 1.29 is 0 Å². The van der Waals surface area contributed by atoms with E-state index >= 15 is 0 Å². The van der Waals surface area contributed by atoms with Crippen LogP contribution in [0.3, 0.4) is 0 Å². The Hall–Kier alpha value is 1.25. The van der Waals surface area contributed by atoms with Crippen LogP contribution >= 0.6 is 58.6 Å². The zero-order chi connectivity index (χ0) is 6.08. The van der Waals surface area contributed by atoms with E-state index in [1.807, 2.05) is 0 Å². The third-order valence-corrected chi connectivity index (χ3v) is 2.01. The second-order valence-corrected chi connectivity index (χ2v) is 4.06. The lowest BCUT2D eigenvalue weighted by atomic mass is 10.9. The van der Waals surface area contributed by atoms with Crippen molar-refractivity contribution in [1.29, 1.82) is 0 Å². The summed E-state index contributed by atoms with van der Waals surface area (Å²) >= 11 is 24.8. The molecule has 0 aromatic heterocycles. The predicted molar refractivity (Wildman–Crippen MR) is 38.7 cm³/mol. The highest BCUT2D eigenvalue weighted by Gasteiger charge is 2.23. The van der Waals surface area contributed by atoms with Crippen LogP contribution in [0.2, 0.25) is 0 Å². The topological polar surface area (TPSA) is 0 Å². The fraction of sp³-hybridized carbons (Fsp3) is 0.500. The van der Waals surface area contributed by atoms with Gasteiger partial charge in [-0.2, -0.15) is 0 Å². The number of hydrogen-bond acceptors (Lipinski definition) is 1. The van der Waals surface area contributed by atoms with E-state index in [9.17, 15) is 0 Å². The highest BCUT2D eigenvalue weighted by atomic mass is 35.6. The van der Waals surface area contributed by atoms with Crippen LogP contribution in [0, 0.1) is 0 Å². The van der Waals surface area contributed by atoms with Crippen molar-refractivity contribution in [2.75, 3.05) is 0 Å². The average Bonchev–Trinajstić information content (AvgIpc) is 1.31. The van der Waals surface area contributed by atoms with E-state index in [0.717, 1.165) is 0 Å². The first-order valence-corrected chi connectivity index (χ1v) is 3.13. The largest absolute Gasteiger partial charge is 0.236 e. The van der Waals surface area contributed by atoms with E-state index < -0.39 is 3.79 Å². The van der Waals surface area contributed by atoms with Crippen LogP contribution in [0.1, 0.15) is 0 Å². The molecule has 0 atom stereocenters. The molecule has 7 heavy (non-hydrogen) atoms. The number of alkyl halides is 3. The van der Waals surface area contributed by atoms with Crippen molar-refractivity contribution in [2.45, 2.75) is 3.79 Å². The molecule has 0 aromatic carbocycles. The molecule has 0 N–H and O–H groups in total. The molecule has 0 rings (SSSR count). The lowest BCUT2D eigenvalue weighted by Crippen LogP contribution is -2.08. The molecule has 0 amide bonds. The summed E-state index contributed by atoms with van der Waals surface area (Å²) in [5.41, 5.74) is 0. The van der Waals surface area contributed by atoms with Gasteiger partial charge in [0.2, 0.25) is 3.79 Å². The van der Waals surface area contributed by atoms with E-state index in [4.69, 9.17) is 46.4 Å². The Bertz CT molecular complexity index is 82.2. The van der Waals surface area contributed by atoms with Gasteiger partial charge in [0.15, 0.2) is 0 Å². The lowest BCUT2D eigenvalue weighted by molar-refractivity contribution is 1.68. The Balaban J connectivity index is 3.79. The van der Waals surface area contributed by atoms with E-state index in [-0.39, 0.29) is 4.32 Å². The van der Waals surface area contributed by atoms with Crippen molar-refractivity contribution in [2.24, 2.45) is 0 Å². The summed E-state index contributed by atoms with van der Waals surface area (Å²) in [6.45, 7) is 0. The van der Waals surface area contributed by atoms with Gasteiger partial charge in [0.05, 0.1) is 0 Å². The Morgan fingerprint density at radius 1 is 1.29 bits per heavy atom. The number of hydrogen-bond donors (Lipinski definition) is 0. The summed E-state index contributed by atoms with van der Waals surface area (Å²) in [4.78, 5) is 0. The molecule has 0 aliphatic rings. The van der Waals surface area contributed by atoms with Gasteiger partial charge in [0.25, 0.3) is 0 Å². The summed E-state index contributed by atoms with van der Waals surface area (Å²) in [5, 5.41) is 0. The van der Waals surface area contributed by atoms with E-state index in [1.165, 1.54) is 0 Å². The quantitative estimate of drug-likeness (QED) is 0.327. The Morgan fingerprint density at radius 3 is 1.43 bits per heavy atom. The molecule has 0 bridgehead atoms. The van der Waals surface area contributed by atoms with Gasteiger partial charge in [-0.3, -0.25) is 0 Å². The second-order valence-electron chi connectivity index (χ2n) is 0.771. The van der Waals surface area contributed by atoms with E-state index in [1.54, 1.807) is 0 Å². The molecule has 0 unspecified atom stereocenters. The molecule has 42 valence electrons. The van der Waals surface area contributed by atoms with Gasteiger partial charge in [-0.1, -0.05) is 58.6 Å². The van der Waals surface area contributed by atoms with Crippen LogP contribution in [-0.4, -0.2) is 8.12 Å². The summed E-state index contributed by atoms with van der Waals surface area (Å²) in [6.07, 6.45) is 0. The number of thiocarbonyl (C=S) groups is 1. The summed E-state index contributed by atoms with van der Waals surface area (Å²) in [6, 6.07) is 0. The van der Waals surface area contributed by atoms with Gasteiger partial charge in [-0.25, -0.2) is 0 Å². The van der Waals surface area contributed by atoms with Crippen LogP contribution in [0.25, 0.3) is 0 Å². The van der Waals surface area contributed by atoms with Gasteiger partial charge in [-0.15, -0.1) is 0 Å². The normalized spacial score (nSPS) is 11.4. The third-order valence-electron chi connectivity index (χ3n) is 0.223. The van der Waals surface area contributed by atoms with E-state index in [2.05, 4.69) is 12.2 Å². The first-order chi connectivity index (χ1) is 2.94. The van der Waals surface area contributed by atoms with Gasteiger partial charge in [-0.05, 0) is 0 Å². The molecule has 0 heterocycles. The van der Waals surface area contributed by atoms with Crippen LogP contribution in [-0.2, 0) is 0 Å². The van der Waals surface area contributed by atoms with Crippen LogP contribution in [0.4, 0.5) is 0 Å². The van der Waals surface area contributed by atoms with Crippen molar-refractivity contribution >= 4 is 62.9 Å². The van der Waals surface area contributed by atoms with Crippen molar-refractivity contribution in [3.05, 3.63) is 0 Å². The second kappa shape index (κ2) is 2.70. The third kappa shape index (κ3) is 3.80. The minimum Gasteiger partial charge on any atom is -0.0765 e. The van der Waals surface area contributed by atoms with Gasteiger partial charge in [0, 0.05) is 0 Å². The predicted octanol–water partition coefficient (Wildman–Crippen LogP) is 2.92. The standard InChI is InChI=1S/C2Cl4S/c3-1(7)2(4,5)6. The maximum atomic E-state index is 5.13. The molecule has 0 fully saturated rings. The molecule has 0 aliphatic carbocycles. The highest BCUT2D eigenvalue weighted by molar-refractivity contribution is 7.84. The molecule has 0 saturated heterocycles. The molecule has 5 heteroatoms. The summed E-state index contributed by atoms with van der Waals surface area (Å²) < 4.78 is -1.74. The molecule has 0 nitrogen and oxygen atoms in total. The first kappa shape index (κ1) is 8.25. The maximum Gasteiger partial charge on any atom is 0.236 e. The molecule has 0 radical (unpaired) electrons. The van der Waals surface area contributed by atoms with E-state index in [0.29, 0.717) is 0 Å². The minimum atomic E-state index is -1.59. The Kier molecular flexibility index (Phi) is 3.18. The zero-order valence-corrected chi connectivity index (χ0v) is 6.76. The van der Waals surface area contributed by atoms with Crippen LogP contribution in [0.15, 0.2) is 0 Å². The summed E-state index contributed by atoms with van der Waals surface area (Å²) in [5.74, 6) is 0. The van der Waals surface area contributed by atoms with Crippen molar-refractivity contribution in [3.63, 3.8) is 0 Å². The fourth-order valence-corrected chi connectivity index (χ4v) is 0. The molecular weight excluding hydrogens is 198 g/mol. The lowest BCUT2D eigenvalue weighted by Gasteiger charge is -2.02. The minimum absolute atomic E-state index is 0.155. The van der Waals surface area contributed by atoms with Gasteiger partial charge >= 0.3 is 0 Å². The molecule has 0 aliphatic heterocycles. The molecule has 0 saturated carbocycles. The van der Waals surface area contributed by atoms with Crippen LogP contribution in [0.5, 0.6) is 0 Å². The average molecular weight is 198 g/mol. The van der Waals surface area contributed by atoms with Gasteiger partial charge in [0.1, 0.15) is 4.32 Å². The molecule has 0 aromatic rings. The SMILES string of the molecule is S=C(Cl)C(Cl)(Cl)Cl. The smallest absolute Gasteiger partial charge is 0.0765 e. The van der Waals surface area contributed by atoms with Crippen LogP contribution < -0.4 is 0 Å². The first-order valence-electron chi connectivity index (χ1n) is 1.21. The number of rotatable bonds is 0. The Morgan fingerprint density at radius 2 is 1.43 bits per heavy atom. The fourth-order valence-electron chi connectivity index (χ4n) is 0. The molecule has 0 spiro atoms. The van der Waals surface area contributed by atoms with Crippen molar-refractivity contribution in [3.8, 4) is 0 Å². The number of halogens is 4. The summed E-state index contributed by atoms with van der Waals surface area (Å²) in [7, 11) is 0. The van der Waals surface area contributed by atoms with Gasteiger partial charge < -0.3 is 0 Å². The monoisotopic (exact) mass is 196 g/mol. The Labute approximate surface area is 66.7 Å². The highest BCUT2D eigenvalue weighted by Crippen LogP contribution is 2.29. The van der Waals surface area contributed by atoms with Crippen molar-refractivity contribution in [1.82, 2.24) is 0 Å². The zero-order valence-electron chi connectivity index (χ0n) is 2.92. The maximum absolute atomic E-state index is 5.13. The molecular formula is C2Cl4S.